The monoisotopic (exact) mass is 1440 g/mol. The number of hydrogen-bond acceptors (Lipinski definition) is 10. The van der Waals surface area contributed by atoms with Crippen LogP contribution in [0.5, 0.6) is 5.75 Å². The highest BCUT2D eigenvalue weighted by molar-refractivity contribution is 6.09. The van der Waals surface area contributed by atoms with Gasteiger partial charge in [0.05, 0.1) is 24.6 Å². The van der Waals surface area contributed by atoms with Crippen molar-refractivity contribution in [3.63, 3.8) is 0 Å². The zero-order valence-corrected chi connectivity index (χ0v) is 62.4. The largest absolute Gasteiger partial charge is 0.497 e. The fourth-order valence-electron chi connectivity index (χ4n) is 10.6. The Morgan fingerprint density at radius 2 is 0.843 bits per heavy atom. The van der Waals surface area contributed by atoms with Gasteiger partial charge in [0.1, 0.15) is 11.6 Å². The number of nitrogens with zero attached hydrogens (tertiary/aromatic N) is 3. The van der Waals surface area contributed by atoms with Gasteiger partial charge in [-0.25, -0.2) is 4.39 Å². The summed E-state index contributed by atoms with van der Waals surface area (Å²) in [6, 6.07) is 96.1. The molecule has 12 aromatic carbocycles. The number of ether oxygens (including phenoxy) is 1. The van der Waals surface area contributed by atoms with Crippen molar-refractivity contribution < 1.29 is 31.9 Å². The van der Waals surface area contributed by atoms with Crippen molar-refractivity contribution in [2.45, 2.75) is 54.6 Å². The molecule has 0 radical (unpaired) electrons. The Kier molecular flexibility index (Phi) is 31.0. The Bertz CT molecular complexity index is 4830. The molecular weight excluding hydrogens is 1350 g/mol. The lowest BCUT2D eigenvalue weighted by molar-refractivity contribution is -0.137. The molecule has 1 heterocycles. The number of amides is 1. The number of alkyl halides is 3. The number of anilines is 12. The first-order chi connectivity index (χ1) is 52.1. The Hall–Kier alpha value is -13.0. The lowest BCUT2D eigenvalue weighted by atomic mass is 10.0. The van der Waals surface area contributed by atoms with Crippen molar-refractivity contribution in [3.8, 4) is 5.75 Å². The molecule has 11 nitrogen and oxygen atoms in total. The van der Waals surface area contributed by atoms with Gasteiger partial charge in [-0.05, 0) is 276 Å². The first kappa shape index (κ1) is 80.7. The predicted octanol–water partition coefficient (Wildman–Crippen LogP) is 25.1. The van der Waals surface area contributed by atoms with Gasteiger partial charge in [0.25, 0.3) is 5.91 Å². The average molecular weight is 1450 g/mol. The van der Waals surface area contributed by atoms with E-state index in [2.05, 4.69) is 106 Å². The van der Waals surface area contributed by atoms with Crippen molar-refractivity contribution in [1.82, 2.24) is 9.88 Å². The number of benzene rings is 12. The van der Waals surface area contributed by atoms with Gasteiger partial charge in [-0.1, -0.05) is 127 Å². The fourth-order valence-corrected chi connectivity index (χ4v) is 10.6. The lowest BCUT2D eigenvalue weighted by Gasteiger charge is -2.18. The molecule has 108 heavy (non-hydrogen) atoms. The average Bonchev–Trinajstić information content (AvgIpc) is 0.849. The molecule has 0 bridgehead atoms. The number of ketones is 1. The van der Waals surface area contributed by atoms with E-state index in [-0.39, 0.29) is 17.5 Å². The smallest absolute Gasteiger partial charge is 0.416 e. The molecule has 0 saturated heterocycles. The van der Waals surface area contributed by atoms with Crippen molar-refractivity contribution >= 4 is 86.0 Å². The maximum Gasteiger partial charge on any atom is 0.416 e. The number of pyridine rings is 1. The molecule has 5 N–H and O–H groups in total. The third-order valence-electron chi connectivity index (χ3n) is 16.9. The molecule has 0 atom stereocenters. The van der Waals surface area contributed by atoms with Crippen molar-refractivity contribution in [3.05, 3.63) is 390 Å². The number of aromatic nitrogens is 1. The van der Waals surface area contributed by atoms with Gasteiger partial charge >= 0.3 is 6.18 Å². The minimum Gasteiger partial charge on any atom is -0.497 e. The molecule has 0 fully saturated rings. The van der Waals surface area contributed by atoms with Gasteiger partial charge in [0, 0.05) is 106 Å². The maximum absolute atomic E-state index is 12.7. The van der Waals surface area contributed by atoms with E-state index in [1.807, 2.05) is 270 Å². The number of methoxy groups -OCH3 is 1. The highest BCUT2D eigenvalue weighted by Gasteiger charge is 2.30. The molecule has 13 rings (SSSR count). The van der Waals surface area contributed by atoms with E-state index in [9.17, 15) is 27.2 Å². The van der Waals surface area contributed by atoms with Crippen LogP contribution in [-0.4, -0.2) is 48.8 Å². The van der Waals surface area contributed by atoms with Crippen molar-refractivity contribution in [2.24, 2.45) is 0 Å². The summed E-state index contributed by atoms with van der Waals surface area (Å²) in [5, 5.41) is 16.2. The molecule has 0 aliphatic heterocycles. The number of hydrogen-bond donors (Lipinski definition) is 5. The first-order valence-corrected chi connectivity index (χ1v) is 35.4. The van der Waals surface area contributed by atoms with Crippen LogP contribution < -0.4 is 36.2 Å². The topological polar surface area (TPSA) is 123 Å². The minimum atomic E-state index is -4.31. The summed E-state index contributed by atoms with van der Waals surface area (Å²) >= 11 is 0. The molecule has 0 spiro atoms. The van der Waals surface area contributed by atoms with Gasteiger partial charge in [-0.15, -0.1) is 0 Å². The minimum absolute atomic E-state index is 0.0347. The van der Waals surface area contributed by atoms with Crippen LogP contribution in [0.2, 0.25) is 0 Å². The van der Waals surface area contributed by atoms with Crippen LogP contribution in [0.15, 0.2) is 328 Å². The van der Waals surface area contributed by atoms with Gasteiger partial charge < -0.3 is 41.1 Å². The van der Waals surface area contributed by atoms with Crippen LogP contribution in [-0.2, 0) is 6.18 Å². The van der Waals surface area contributed by atoms with Crippen LogP contribution in [0, 0.1) is 40.4 Å². The molecule has 0 aliphatic carbocycles. The summed E-state index contributed by atoms with van der Waals surface area (Å²) < 4.78 is 55.4. The van der Waals surface area contributed by atoms with E-state index in [1.165, 1.54) is 46.1 Å². The van der Waals surface area contributed by atoms with Crippen LogP contribution in [0.1, 0.15) is 79.1 Å². The number of carbonyl (C=O) groups is 2. The Morgan fingerprint density at radius 3 is 1.31 bits per heavy atom. The van der Waals surface area contributed by atoms with Gasteiger partial charge in [0.2, 0.25) is 0 Å². The number of aryl methyl sites for hydroxylation is 5. The maximum atomic E-state index is 12.7. The second-order valence-electron chi connectivity index (χ2n) is 25.1. The van der Waals surface area contributed by atoms with Gasteiger partial charge in [-0.2, -0.15) is 13.2 Å². The van der Waals surface area contributed by atoms with E-state index in [4.69, 9.17) is 4.74 Å². The summed E-state index contributed by atoms with van der Waals surface area (Å²) in [6.07, 6.45) is 1.13. The van der Waals surface area contributed by atoms with E-state index in [1.54, 1.807) is 31.5 Å². The van der Waals surface area contributed by atoms with Crippen molar-refractivity contribution in [1.29, 1.82) is 0 Å². The second kappa shape index (κ2) is 41.5. The molecule has 0 aliphatic rings. The second-order valence-corrected chi connectivity index (χ2v) is 25.1. The zero-order valence-electron chi connectivity index (χ0n) is 62.4. The number of carbonyl (C=O) groups excluding carboxylic acids is 2. The molecule has 1 amide bonds. The highest BCUT2D eigenvalue weighted by Crippen LogP contribution is 2.32. The molecular formula is C93H92F4N8O3. The quantitative estimate of drug-likeness (QED) is 0.0395. The molecule has 0 unspecified atom stereocenters. The van der Waals surface area contributed by atoms with E-state index in [0.29, 0.717) is 16.8 Å². The SMILES string of the molecule is C=Cc1ccc(Nc2ccc(C(=O)c3ccccc3)cc2)cc1.CCN(CC)C(=O)c1ccc(Nc2cccc(C)c2)cc1.CN(c1ccccc1)c1cccnc1.COc1ccc(Nc2ccc(C)c(C)c2)cc1.Cc1ccc(Nc2cccc(C(F)(F)F)c2)cc1.Cc1cccc(Nc2ccc(F)cc2)c1. The summed E-state index contributed by atoms with van der Waals surface area (Å²) in [4.78, 5) is 32.6. The number of rotatable bonds is 19. The molecule has 550 valence electrons. The van der Waals surface area contributed by atoms with Crippen LogP contribution in [0.4, 0.5) is 85.8 Å². The highest BCUT2D eigenvalue weighted by atomic mass is 19.4. The molecule has 0 saturated carbocycles. The van der Waals surface area contributed by atoms with Crippen molar-refractivity contribution in [2.75, 3.05) is 58.7 Å². The Labute approximate surface area is 633 Å². The standard InChI is InChI=1S/C21H17NO.C18H22N2O.C15H17NO.C14H12F3N.C13H12FN.C12H12N2/c1-2-16-8-12-19(13-9-16)22-20-14-10-18(11-15-20)21(23)17-6-4-3-5-7-17;1-4-20(5-2)18(21)15-9-11-16(12-10-15)19-17-8-6-7-14(3)13-17;1-11-4-5-14(10-12(11)2)16-13-6-8-15(17-3)9-7-13;1-10-5-7-12(8-6-10)18-13-4-2-3-11(9-13)14(15,16)17;1-10-3-2-4-13(9-10)15-12-7-5-11(14)6-8-12;1-14(11-6-3-2-4-7-11)12-8-5-9-13-10-12/h2-15,22H,1H2;6-13,19H,4-5H2,1-3H3;4-10,16H,1-3H3;2-9,18H,1H3;2-9,15H,1H3;2-10H,1H3. The van der Waals surface area contributed by atoms with E-state index >= 15 is 0 Å². The summed E-state index contributed by atoms with van der Waals surface area (Å²) in [7, 11) is 3.71. The van der Waals surface area contributed by atoms with Gasteiger partial charge in [0.15, 0.2) is 5.78 Å². The third kappa shape index (κ3) is 26.6. The zero-order chi connectivity index (χ0) is 77.2. The number of halogens is 4. The van der Waals surface area contributed by atoms with Gasteiger partial charge in [-0.3, -0.25) is 14.6 Å². The van der Waals surface area contributed by atoms with E-state index in [0.717, 1.165) is 105 Å². The Balaban J connectivity index is 0.000000165. The summed E-state index contributed by atoms with van der Waals surface area (Å²) in [5.41, 5.74) is 20.2. The van der Waals surface area contributed by atoms with Crippen LogP contribution in [0.25, 0.3) is 6.08 Å². The van der Waals surface area contributed by atoms with Crippen LogP contribution >= 0.6 is 0 Å². The first-order valence-electron chi connectivity index (χ1n) is 35.4. The summed E-state index contributed by atoms with van der Waals surface area (Å²) in [5.74, 6) is 0.773. The lowest BCUT2D eigenvalue weighted by Crippen LogP contribution is -2.30. The normalized spacial score (nSPS) is 10.3. The number of para-hydroxylation sites is 1. The molecule has 13 aromatic rings. The molecule has 15 heteroatoms. The Morgan fingerprint density at radius 1 is 0.426 bits per heavy atom. The summed E-state index contributed by atoms with van der Waals surface area (Å²) in [6.45, 7) is 19.5. The third-order valence-corrected chi connectivity index (χ3v) is 16.9. The predicted molar refractivity (Wildman–Crippen MR) is 442 cm³/mol. The molecule has 1 aromatic heterocycles. The fraction of sp³-hybridized carbons (Fsp3) is 0.129. The van der Waals surface area contributed by atoms with E-state index < -0.39 is 11.7 Å². The number of nitrogens with one attached hydrogen (secondary N) is 5. The van der Waals surface area contributed by atoms with Crippen LogP contribution in [0.3, 0.4) is 0 Å².